The van der Waals surface area contributed by atoms with Gasteiger partial charge in [0.25, 0.3) is 0 Å². The lowest BCUT2D eigenvalue weighted by Gasteiger charge is -2.29. The van der Waals surface area contributed by atoms with Gasteiger partial charge in [0, 0.05) is 12.5 Å². The van der Waals surface area contributed by atoms with Crippen LogP contribution in [-0.2, 0) is 9.59 Å². The zero-order valence-corrected chi connectivity index (χ0v) is 12.4. The molecule has 21 heavy (non-hydrogen) atoms. The number of carbonyl (C=O) groups excluding carboxylic acids is 2. The Hall–Kier alpha value is -2.35. The van der Waals surface area contributed by atoms with Crippen LogP contribution in [0.15, 0.2) is 24.3 Å². The van der Waals surface area contributed by atoms with Gasteiger partial charge in [-0.25, -0.2) is 0 Å². The highest BCUT2D eigenvalue weighted by Gasteiger charge is 2.45. The first-order chi connectivity index (χ1) is 9.84. The molecular formula is C16H19N3O2. The standard InChI is InChI=1S/C16H19N3O2/c1-16(2,3)11-9-18-14(20)13(11)15(21)19-12-7-5-4-6-10(12)8-17/h4-7,11,13H,9H2,1-3H3,(H,18,20)(H,19,21)/t11-,13+/m1/s1. The summed E-state index contributed by atoms with van der Waals surface area (Å²) in [5.74, 6) is -1.40. The average molecular weight is 285 g/mol. The summed E-state index contributed by atoms with van der Waals surface area (Å²) in [6.45, 7) is 6.55. The van der Waals surface area contributed by atoms with E-state index >= 15 is 0 Å². The van der Waals surface area contributed by atoms with Crippen molar-refractivity contribution in [2.75, 3.05) is 11.9 Å². The van der Waals surface area contributed by atoms with Crippen LogP contribution in [0, 0.1) is 28.6 Å². The fourth-order valence-corrected chi connectivity index (χ4v) is 2.63. The summed E-state index contributed by atoms with van der Waals surface area (Å²) >= 11 is 0. The lowest BCUT2D eigenvalue weighted by atomic mass is 9.74. The Labute approximate surface area is 124 Å². The minimum Gasteiger partial charge on any atom is -0.355 e. The Morgan fingerprint density at radius 2 is 2.05 bits per heavy atom. The number of anilines is 1. The normalized spacial score (nSPS) is 21.5. The molecule has 0 bridgehead atoms. The van der Waals surface area contributed by atoms with E-state index in [0.717, 1.165) is 0 Å². The molecule has 0 unspecified atom stereocenters. The summed E-state index contributed by atoms with van der Waals surface area (Å²) in [7, 11) is 0. The van der Waals surface area contributed by atoms with Crippen LogP contribution in [0.1, 0.15) is 26.3 Å². The van der Waals surface area contributed by atoms with E-state index in [1.54, 1.807) is 24.3 Å². The molecular weight excluding hydrogens is 266 g/mol. The first-order valence-corrected chi connectivity index (χ1v) is 6.92. The molecule has 1 aromatic carbocycles. The quantitative estimate of drug-likeness (QED) is 0.814. The molecule has 0 aliphatic carbocycles. The van der Waals surface area contributed by atoms with Gasteiger partial charge in [0.15, 0.2) is 0 Å². The number of para-hydroxylation sites is 1. The van der Waals surface area contributed by atoms with Gasteiger partial charge in [-0.15, -0.1) is 0 Å². The molecule has 1 heterocycles. The Balaban J connectivity index is 2.23. The third-order valence-electron chi connectivity index (χ3n) is 3.88. The van der Waals surface area contributed by atoms with E-state index in [-0.39, 0.29) is 23.1 Å². The number of carbonyl (C=O) groups is 2. The summed E-state index contributed by atoms with van der Waals surface area (Å²) in [5, 5.41) is 14.5. The molecule has 2 rings (SSSR count). The van der Waals surface area contributed by atoms with E-state index in [1.807, 2.05) is 26.8 Å². The van der Waals surface area contributed by atoms with E-state index in [9.17, 15) is 9.59 Å². The van der Waals surface area contributed by atoms with Gasteiger partial charge in [-0.2, -0.15) is 5.26 Å². The molecule has 5 heteroatoms. The van der Waals surface area contributed by atoms with Crippen LogP contribution < -0.4 is 10.6 Å². The lowest BCUT2D eigenvalue weighted by molar-refractivity contribution is -0.132. The average Bonchev–Trinajstić information content (AvgIpc) is 2.81. The maximum Gasteiger partial charge on any atom is 0.237 e. The number of amides is 2. The minimum atomic E-state index is -0.725. The van der Waals surface area contributed by atoms with Crippen molar-refractivity contribution < 1.29 is 9.59 Å². The van der Waals surface area contributed by atoms with E-state index in [2.05, 4.69) is 10.6 Å². The number of rotatable bonds is 2. The zero-order chi connectivity index (χ0) is 15.6. The molecule has 0 radical (unpaired) electrons. The number of benzene rings is 1. The van der Waals surface area contributed by atoms with Gasteiger partial charge in [-0.3, -0.25) is 9.59 Å². The molecule has 5 nitrogen and oxygen atoms in total. The van der Waals surface area contributed by atoms with Crippen LogP contribution in [-0.4, -0.2) is 18.4 Å². The number of hydrogen-bond acceptors (Lipinski definition) is 3. The number of nitriles is 1. The molecule has 2 amide bonds. The summed E-state index contributed by atoms with van der Waals surface area (Å²) in [5.41, 5.74) is 0.671. The third-order valence-corrected chi connectivity index (χ3v) is 3.88. The predicted molar refractivity (Wildman–Crippen MR) is 79.2 cm³/mol. The van der Waals surface area contributed by atoms with Crippen LogP contribution in [0.2, 0.25) is 0 Å². The Bertz CT molecular complexity index is 611. The summed E-state index contributed by atoms with van der Waals surface area (Å²) in [6.07, 6.45) is 0. The highest BCUT2D eigenvalue weighted by atomic mass is 16.2. The smallest absolute Gasteiger partial charge is 0.237 e. The molecule has 1 fully saturated rings. The van der Waals surface area contributed by atoms with Gasteiger partial charge < -0.3 is 10.6 Å². The molecule has 1 saturated heterocycles. The summed E-state index contributed by atoms with van der Waals surface area (Å²) in [6, 6.07) is 8.79. The van der Waals surface area contributed by atoms with E-state index in [4.69, 9.17) is 5.26 Å². The maximum atomic E-state index is 12.5. The number of nitrogens with one attached hydrogen (secondary N) is 2. The Kier molecular flexibility index (Phi) is 3.99. The molecule has 0 aromatic heterocycles. The Morgan fingerprint density at radius 1 is 1.38 bits per heavy atom. The summed E-state index contributed by atoms with van der Waals surface area (Å²) < 4.78 is 0. The number of hydrogen-bond donors (Lipinski definition) is 2. The molecule has 1 aliphatic rings. The summed E-state index contributed by atoms with van der Waals surface area (Å²) in [4.78, 5) is 24.4. The minimum absolute atomic E-state index is 0.0701. The number of nitrogens with zero attached hydrogens (tertiary/aromatic N) is 1. The van der Waals surface area contributed by atoms with Crippen LogP contribution in [0.5, 0.6) is 0 Å². The van der Waals surface area contributed by atoms with Gasteiger partial charge >= 0.3 is 0 Å². The molecule has 2 atom stereocenters. The molecule has 1 aromatic rings. The van der Waals surface area contributed by atoms with Crippen molar-refractivity contribution in [2.24, 2.45) is 17.3 Å². The van der Waals surface area contributed by atoms with Crippen molar-refractivity contribution in [1.82, 2.24) is 5.32 Å². The monoisotopic (exact) mass is 285 g/mol. The fourth-order valence-electron chi connectivity index (χ4n) is 2.63. The molecule has 1 aliphatic heterocycles. The second-order valence-corrected chi connectivity index (χ2v) is 6.34. The molecule has 0 saturated carbocycles. The van der Waals surface area contributed by atoms with Crippen molar-refractivity contribution >= 4 is 17.5 Å². The van der Waals surface area contributed by atoms with E-state index in [0.29, 0.717) is 17.8 Å². The van der Waals surface area contributed by atoms with Crippen molar-refractivity contribution in [1.29, 1.82) is 5.26 Å². The highest BCUT2D eigenvalue weighted by molar-refractivity contribution is 6.08. The molecule has 2 N–H and O–H groups in total. The van der Waals surface area contributed by atoms with Gasteiger partial charge in [-0.1, -0.05) is 32.9 Å². The lowest BCUT2D eigenvalue weighted by Crippen LogP contribution is -2.37. The second-order valence-electron chi connectivity index (χ2n) is 6.34. The van der Waals surface area contributed by atoms with Crippen LogP contribution in [0.25, 0.3) is 0 Å². The van der Waals surface area contributed by atoms with Crippen LogP contribution in [0.4, 0.5) is 5.69 Å². The SMILES string of the molecule is CC(C)(C)[C@@H]1CNC(=O)[C@H]1C(=O)Nc1ccccc1C#N. The van der Waals surface area contributed by atoms with Crippen LogP contribution in [0.3, 0.4) is 0 Å². The van der Waals surface area contributed by atoms with Gasteiger partial charge in [0.1, 0.15) is 12.0 Å². The van der Waals surface area contributed by atoms with Crippen molar-refractivity contribution in [3.63, 3.8) is 0 Å². The van der Waals surface area contributed by atoms with Gasteiger partial charge in [0.2, 0.25) is 11.8 Å². The predicted octanol–water partition coefficient (Wildman–Crippen LogP) is 1.91. The largest absolute Gasteiger partial charge is 0.355 e. The Morgan fingerprint density at radius 3 is 2.67 bits per heavy atom. The van der Waals surface area contributed by atoms with Crippen molar-refractivity contribution in [3.05, 3.63) is 29.8 Å². The highest BCUT2D eigenvalue weighted by Crippen LogP contribution is 2.35. The fraction of sp³-hybridized carbons (Fsp3) is 0.438. The van der Waals surface area contributed by atoms with E-state index in [1.165, 1.54) is 0 Å². The first kappa shape index (κ1) is 15.0. The third kappa shape index (κ3) is 3.05. The molecule has 0 spiro atoms. The second kappa shape index (κ2) is 5.57. The van der Waals surface area contributed by atoms with Gasteiger partial charge in [0.05, 0.1) is 11.3 Å². The first-order valence-electron chi connectivity index (χ1n) is 6.92. The van der Waals surface area contributed by atoms with Gasteiger partial charge in [-0.05, 0) is 17.5 Å². The van der Waals surface area contributed by atoms with E-state index < -0.39 is 5.92 Å². The van der Waals surface area contributed by atoms with Crippen molar-refractivity contribution in [3.8, 4) is 6.07 Å². The van der Waals surface area contributed by atoms with Crippen molar-refractivity contribution in [2.45, 2.75) is 20.8 Å². The molecule has 110 valence electrons. The topological polar surface area (TPSA) is 82.0 Å². The zero-order valence-electron chi connectivity index (χ0n) is 12.4. The van der Waals surface area contributed by atoms with Crippen LogP contribution >= 0.6 is 0 Å². The maximum absolute atomic E-state index is 12.5.